The van der Waals surface area contributed by atoms with Crippen LogP contribution in [0.5, 0.6) is 0 Å². The van der Waals surface area contributed by atoms with Gasteiger partial charge in [0, 0.05) is 23.0 Å². The van der Waals surface area contributed by atoms with Gasteiger partial charge in [0.15, 0.2) is 0 Å². The summed E-state index contributed by atoms with van der Waals surface area (Å²) in [4.78, 5) is 0. The van der Waals surface area contributed by atoms with Gasteiger partial charge in [-0.05, 0) is 13.0 Å². The summed E-state index contributed by atoms with van der Waals surface area (Å²) in [5.74, 6) is 5.11. The van der Waals surface area contributed by atoms with E-state index >= 15 is 0 Å². The van der Waals surface area contributed by atoms with Crippen LogP contribution in [0.3, 0.4) is 0 Å². The summed E-state index contributed by atoms with van der Waals surface area (Å²) in [6.45, 7) is 1.72. The smallest absolute Gasteiger partial charge is 0.149 e. The number of nitrogen functional groups attached to an aromatic ring is 1. The molecular weight excluding hydrogens is 241 g/mol. The van der Waals surface area contributed by atoms with Gasteiger partial charge in [-0.3, -0.25) is 4.68 Å². The number of benzene rings is 1. The highest BCUT2D eigenvalue weighted by Crippen LogP contribution is 2.32. The second-order valence-corrected chi connectivity index (χ2v) is 4.03. The van der Waals surface area contributed by atoms with E-state index in [2.05, 4.69) is 0 Å². The summed E-state index contributed by atoms with van der Waals surface area (Å²) >= 11 is 5.72. The van der Waals surface area contributed by atoms with E-state index in [0.717, 1.165) is 0 Å². The molecule has 0 amide bonds. The van der Waals surface area contributed by atoms with Crippen molar-refractivity contribution in [3.63, 3.8) is 0 Å². The van der Waals surface area contributed by atoms with Crippen LogP contribution in [0.1, 0.15) is 11.3 Å². The molecule has 1 aromatic carbocycles. The van der Waals surface area contributed by atoms with Crippen molar-refractivity contribution >= 4 is 11.6 Å². The van der Waals surface area contributed by atoms with Gasteiger partial charge in [0.05, 0.1) is 10.6 Å². The van der Waals surface area contributed by atoms with E-state index in [1.807, 2.05) is 6.07 Å². The molecule has 0 radical (unpaired) electrons. The Morgan fingerprint density at radius 1 is 1.47 bits per heavy atom. The molecule has 0 atom stereocenters. The van der Waals surface area contributed by atoms with Gasteiger partial charge < -0.3 is 5.84 Å². The number of rotatable bonds is 1. The largest absolute Gasteiger partial charge is 0.339 e. The number of nitriles is 1. The van der Waals surface area contributed by atoms with Crippen LogP contribution in [0.15, 0.2) is 24.4 Å². The predicted octanol–water partition coefficient (Wildman–Crippen LogP) is 2.84. The van der Waals surface area contributed by atoms with Crippen LogP contribution < -0.4 is 5.84 Å². The molecular formula is C12H9ClFN3. The van der Waals surface area contributed by atoms with Crippen molar-refractivity contribution in [2.75, 3.05) is 5.84 Å². The molecule has 0 unspecified atom stereocenters. The zero-order valence-electron chi connectivity index (χ0n) is 9.04. The van der Waals surface area contributed by atoms with Crippen LogP contribution in [0, 0.1) is 24.1 Å². The molecule has 2 aromatic rings. The van der Waals surface area contributed by atoms with Gasteiger partial charge in [-0.25, -0.2) is 4.39 Å². The Balaban J connectivity index is 2.77. The molecule has 86 valence electrons. The average molecular weight is 250 g/mol. The Morgan fingerprint density at radius 2 is 2.18 bits per heavy atom. The highest BCUT2D eigenvalue weighted by Gasteiger charge is 2.17. The van der Waals surface area contributed by atoms with E-state index in [4.69, 9.17) is 22.7 Å². The molecule has 3 nitrogen and oxygen atoms in total. The molecule has 1 aromatic heterocycles. The third-order valence-corrected chi connectivity index (χ3v) is 2.92. The lowest BCUT2D eigenvalue weighted by Gasteiger charge is -2.05. The zero-order chi connectivity index (χ0) is 12.6. The van der Waals surface area contributed by atoms with Crippen LogP contribution in [0.4, 0.5) is 4.39 Å². The van der Waals surface area contributed by atoms with Crippen LogP contribution in [0.25, 0.3) is 11.1 Å². The van der Waals surface area contributed by atoms with Crippen LogP contribution in [-0.4, -0.2) is 4.68 Å². The van der Waals surface area contributed by atoms with Crippen molar-refractivity contribution < 1.29 is 4.39 Å². The molecule has 2 N–H and O–H groups in total. The Bertz CT molecular complexity index is 625. The standard InChI is InChI=1S/C12H9ClFN3/c1-7-11(8(5-15)6-17(7)16)9-3-2-4-10(13)12(9)14/h2-4,6H,16H2,1H3. The normalized spacial score (nSPS) is 10.2. The van der Waals surface area contributed by atoms with Gasteiger partial charge in [0.25, 0.3) is 0 Å². The lowest BCUT2D eigenvalue weighted by Crippen LogP contribution is -2.07. The summed E-state index contributed by atoms with van der Waals surface area (Å²) in [5.41, 5.74) is 1.71. The fourth-order valence-electron chi connectivity index (χ4n) is 1.75. The Hall–Kier alpha value is -1.99. The number of nitrogens with two attached hydrogens (primary N) is 1. The number of hydrogen-bond donors (Lipinski definition) is 1. The molecule has 0 aliphatic heterocycles. The van der Waals surface area contributed by atoms with E-state index in [0.29, 0.717) is 16.8 Å². The molecule has 5 heteroatoms. The van der Waals surface area contributed by atoms with Crippen LogP contribution in [0.2, 0.25) is 5.02 Å². The van der Waals surface area contributed by atoms with E-state index in [-0.39, 0.29) is 10.6 Å². The number of hydrogen-bond acceptors (Lipinski definition) is 2. The number of aromatic nitrogens is 1. The third-order valence-electron chi connectivity index (χ3n) is 2.63. The minimum Gasteiger partial charge on any atom is -0.339 e. The van der Waals surface area contributed by atoms with Gasteiger partial charge in [-0.1, -0.05) is 23.7 Å². The van der Waals surface area contributed by atoms with Gasteiger partial charge in [0.2, 0.25) is 0 Å². The summed E-state index contributed by atoms with van der Waals surface area (Å²) in [7, 11) is 0. The summed E-state index contributed by atoms with van der Waals surface area (Å²) in [6, 6.07) is 6.66. The first kappa shape index (κ1) is 11.5. The topological polar surface area (TPSA) is 54.7 Å². The molecule has 1 heterocycles. The molecule has 0 saturated heterocycles. The lowest BCUT2D eigenvalue weighted by molar-refractivity contribution is 0.631. The zero-order valence-corrected chi connectivity index (χ0v) is 9.79. The van der Waals surface area contributed by atoms with Crippen LogP contribution >= 0.6 is 11.6 Å². The van der Waals surface area contributed by atoms with Crippen molar-refractivity contribution in [1.82, 2.24) is 4.68 Å². The minimum atomic E-state index is -0.542. The molecule has 0 aliphatic rings. The summed E-state index contributed by atoms with van der Waals surface area (Å²) in [5, 5.41) is 9.03. The van der Waals surface area contributed by atoms with Gasteiger partial charge in [-0.2, -0.15) is 5.26 Å². The fourth-order valence-corrected chi connectivity index (χ4v) is 1.92. The fraction of sp³-hybridized carbons (Fsp3) is 0.0833. The average Bonchev–Trinajstić information content (AvgIpc) is 2.59. The van der Waals surface area contributed by atoms with Crippen molar-refractivity contribution in [2.45, 2.75) is 6.92 Å². The first-order valence-electron chi connectivity index (χ1n) is 4.87. The minimum absolute atomic E-state index is 0.0237. The van der Waals surface area contributed by atoms with Gasteiger partial charge in [-0.15, -0.1) is 0 Å². The number of nitrogens with zero attached hydrogens (tertiary/aromatic N) is 2. The molecule has 0 bridgehead atoms. The monoisotopic (exact) mass is 249 g/mol. The third kappa shape index (κ3) is 1.75. The highest BCUT2D eigenvalue weighted by molar-refractivity contribution is 6.31. The van der Waals surface area contributed by atoms with Crippen molar-refractivity contribution in [2.24, 2.45) is 0 Å². The summed E-state index contributed by atoms with van der Waals surface area (Å²) < 4.78 is 15.2. The first-order chi connectivity index (χ1) is 8.06. The second-order valence-electron chi connectivity index (χ2n) is 3.62. The number of halogens is 2. The predicted molar refractivity (Wildman–Crippen MR) is 64.4 cm³/mol. The SMILES string of the molecule is Cc1c(-c2cccc(Cl)c2F)c(C#N)cn1N. The van der Waals surface area contributed by atoms with Crippen LogP contribution in [-0.2, 0) is 0 Å². The Labute approximate surface area is 103 Å². The lowest BCUT2D eigenvalue weighted by atomic mass is 10.0. The second kappa shape index (κ2) is 4.11. The van der Waals surface area contributed by atoms with Gasteiger partial charge >= 0.3 is 0 Å². The van der Waals surface area contributed by atoms with Gasteiger partial charge in [0.1, 0.15) is 11.9 Å². The van der Waals surface area contributed by atoms with Crippen molar-refractivity contribution in [3.8, 4) is 17.2 Å². The first-order valence-corrected chi connectivity index (χ1v) is 5.25. The molecule has 0 fully saturated rings. The maximum atomic E-state index is 13.9. The quantitative estimate of drug-likeness (QED) is 0.790. The maximum Gasteiger partial charge on any atom is 0.149 e. The van der Waals surface area contributed by atoms with Crippen molar-refractivity contribution in [3.05, 3.63) is 46.5 Å². The molecule has 0 spiro atoms. The molecule has 0 aliphatic carbocycles. The van der Waals surface area contributed by atoms with Crippen molar-refractivity contribution in [1.29, 1.82) is 5.26 Å². The van der Waals surface area contributed by atoms with E-state index in [1.54, 1.807) is 19.1 Å². The highest BCUT2D eigenvalue weighted by atomic mass is 35.5. The van der Waals surface area contributed by atoms with E-state index in [1.165, 1.54) is 16.9 Å². The summed E-state index contributed by atoms with van der Waals surface area (Å²) in [6.07, 6.45) is 1.46. The molecule has 2 rings (SSSR count). The molecule has 0 saturated carbocycles. The Kier molecular flexibility index (Phi) is 2.78. The van der Waals surface area contributed by atoms with E-state index < -0.39 is 5.82 Å². The molecule has 17 heavy (non-hydrogen) atoms. The van der Waals surface area contributed by atoms with E-state index in [9.17, 15) is 4.39 Å². The maximum absolute atomic E-state index is 13.9. The Morgan fingerprint density at radius 3 is 2.82 bits per heavy atom.